The van der Waals surface area contributed by atoms with Crippen LogP contribution in [0.4, 0.5) is 0 Å². The third-order valence-corrected chi connectivity index (χ3v) is 3.66. The van der Waals surface area contributed by atoms with E-state index in [1.54, 1.807) is 23.1 Å². The van der Waals surface area contributed by atoms with Crippen LogP contribution in [0.5, 0.6) is 0 Å². The summed E-state index contributed by atoms with van der Waals surface area (Å²) in [4.78, 5) is 25.0. The summed E-state index contributed by atoms with van der Waals surface area (Å²) in [5.41, 5.74) is 0.587. The minimum absolute atomic E-state index is 0.0546. The number of hydrogen-bond donors (Lipinski definition) is 0. The van der Waals surface area contributed by atoms with Gasteiger partial charge in [0.25, 0.3) is 5.91 Å². The van der Waals surface area contributed by atoms with Gasteiger partial charge in [-0.15, -0.1) is 0 Å². The quantitative estimate of drug-likeness (QED) is 0.799. The monoisotopic (exact) mass is 315 g/mol. The molecule has 1 heterocycles. The van der Waals surface area contributed by atoms with Gasteiger partial charge in [0.05, 0.1) is 5.56 Å². The van der Waals surface area contributed by atoms with Crippen LogP contribution < -0.4 is 0 Å². The molecule has 0 radical (unpaired) electrons. The first-order valence-corrected chi connectivity index (χ1v) is 6.51. The average Bonchev–Trinajstić information content (AvgIpc) is 2.29. The number of likely N-dealkylation sites (tertiary alicyclic amines) is 1. The minimum atomic E-state index is -0.0546. The van der Waals surface area contributed by atoms with E-state index < -0.39 is 0 Å². The number of piperidine rings is 1. The molecule has 1 aliphatic rings. The van der Waals surface area contributed by atoms with Gasteiger partial charge in [0.15, 0.2) is 0 Å². The molecule has 17 heavy (non-hydrogen) atoms. The molecule has 1 aromatic rings. The van der Waals surface area contributed by atoms with Crippen molar-refractivity contribution in [3.05, 3.63) is 33.3 Å². The van der Waals surface area contributed by atoms with Gasteiger partial charge >= 0.3 is 0 Å². The van der Waals surface area contributed by atoms with Crippen LogP contribution in [0, 0.1) is 0 Å². The zero-order valence-corrected chi connectivity index (χ0v) is 11.4. The second kappa shape index (κ2) is 5.19. The number of Topliss-reactive ketones (excluding diaryl/α,β-unsaturated/α-hetero) is 1. The van der Waals surface area contributed by atoms with E-state index in [1.807, 2.05) is 0 Å². The molecule has 1 amide bonds. The zero-order chi connectivity index (χ0) is 12.4. The summed E-state index contributed by atoms with van der Waals surface area (Å²) in [6.07, 6.45) is 0.911. The lowest BCUT2D eigenvalue weighted by Gasteiger charge is -2.26. The van der Waals surface area contributed by atoms with E-state index in [1.165, 1.54) is 0 Å². The summed E-state index contributed by atoms with van der Waals surface area (Å²) < 4.78 is 0.687. The van der Waals surface area contributed by atoms with E-state index in [2.05, 4.69) is 15.9 Å². The fraction of sp³-hybridized carbons (Fsp3) is 0.333. The lowest BCUT2D eigenvalue weighted by molar-refractivity contribution is -0.120. The molecule has 5 heteroatoms. The highest BCUT2D eigenvalue weighted by Gasteiger charge is 2.23. The standard InChI is InChI=1S/C12H11BrClNO2/c13-11-7-8(14)1-2-10(11)12(17)15-5-3-9(16)4-6-15/h1-2,7H,3-6H2. The highest BCUT2D eigenvalue weighted by Crippen LogP contribution is 2.23. The number of amides is 1. The van der Waals surface area contributed by atoms with Crippen molar-refractivity contribution in [2.75, 3.05) is 13.1 Å². The normalized spacial score (nSPS) is 16.1. The molecule has 0 aliphatic carbocycles. The molecule has 0 atom stereocenters. The Kier molecular flexibility index (Phi) is 3.84. The van der Waals surface area contributed by atoms with Gasteiger partial charge in [0, 0.05) is 35.4 Å². The van der Waals surface area contributed by atoms with E-state index in [9.17, 15) is 9.59 Å². The van der Waals surface area contributed by atoms with Crippen LogP contribution in [0.15, 0.2) is 22.7 Å². The Bertz CT molecular complexity index is 466. The van der Waals surface area contributed by atoms with Crippen LogP contribution in [0.25, 0.3) is 0 Å². The van der Waals surface area contributed by atoms with E-state index >= 15 is 0 Å². The Hall–Kier alpha value is -0.870. The molecule has 0 bridgehead atoms. The second-order valence-electron chi connectivity index (χ2n) is 3.96. The zero-order valence-electron chi connectivity index (χ0n) is 9.08. The van der Waals surface area contributed by atoms with E-state index in [-0.39, 0.29) is 11.7 Å². The predicted molar refractivity (Wildman–Crippen MR) is 69.3 cm³/mol. The number of ketones is 1. The maximum atomic E-state index is 12.2. The topological polar surface area (TPSA) is 37.4 Å². The van der Waals surface area contributed by atoms with Gasteiger partial charge in [-0.05, 0) is 34.1 Å². The maximum Gasteiger partial charge on any atom is 0.255 e. The molecule has 1 fully saturated rings. The molecule has 0 spiro atoms. The van der Waals surface area contributed by atoms with Crippen molar-refractivity contribution in [1.29, 1.82) is 0 Å². The lowest BCUT2D eigenvalue weighted by Crippen LogP contribution is -2.38. The number of rotatable bonds is 1. The van der Waals surface area contributed by atoms with Gasteiger partial charge in [-0.25, -0.2) is 0 Å². The highest BCUT2D eigenvalue weighted by atomic mass is 79.9. The summed E-state index contributed by atoms with van der Waals surface area (Å²) in [5, 5.41) is 0.585. The maximum absolute atomic E-state index is 12.2. The first-order chi connectivity index (χ1) is 8.08. The van der Waals surface area contributed by atoms with Gasteiger partial charge in [-0.1, -0.05) is 11.6 Å². The Balaban J connectivity index is 2.16. The summed E-state index contributed by atoms with van der Waals surface area (Å²) >= 11 is 9.15. The molecular formula is C12H11BrClNO2. The Labute approximate surface area is 113 Å². The molecule has 0 N–H and O–H groups in total. The average molecular weight is 317 g/mol. The van der Waals surface area contributed by atoms with Crippen LogP contribution in [-0.4, -0.2) is 29.7 Å². The molecule has 1 aliphatic heterocycles. The summed E-state index contributed by atoms with van der Waals surface area (Å²) in [7, 11) is 0. The third kappa shape index (κ3) is 2.87. The van der Waals surface area contributed by atoms with Crippen molar-refractivity contribution in [1.82, 2.24) is 4.90 Å². The molecule has 3 nitrogen and oxygen atoms in total. The summed E-state index contributed by atoms with van der Waals surface area (Å²) in [6, 6.07) is 5.09. The third-order valence-electron chi connectivity index (χ3n) is 2.77. The SMILES string of the molecule is O=C1CCN(C(=O)c2ccc(Cl)cc2Br)CC1. The van der Waals surface area contributed by atoms with Crippen molar-refractivity contribution in [2.24, 2.45) is 0 Å². The fourth-order valence-electron chi connectivity index (χ4n) is 1.79. The first kappa shape index (κ1) is 12.6. The van der Waals surface area contributed by atoms with Crippen LogP contribution >= 0.6 is 27.5 Å². The minimum Gasteiger partial charge on any atom is -0.338 e. The van der Waals surface area contributed by atoms with Crippen LogP contribution in [0.3, 0.4) is 0 Å². The molecule has 1 aromatic carbocycles. The molecule has 90 valence electrons. The number of carbonyl (C=O) groups is 2. The summed E-state index contributed by atoms with van der Waals surface area (Å²) in [5.74, 6) is 0.172. The molecule has 0 unspecified atom stereocenters. The van der Waals surface area contributed by atoms with E-state index in [4.69, 9.17) is 11.6 Å². The van der Waals surface area contributed by atoms with Crippen LogP contribution in [0.2, 0.25) is 5.02 Å². The number of halogens is 2. The first-order valence-electron chi connectivity index (χ1n) is 5.34. The van der Waals surface area contributed by atoms with Crippen LogP contribution in [0.1, 0.15) is 23.2 Å². The Morgan fingerprint density at radius 2 is 1.94 bits per heavy atom. The second-order valence-corrected chi connectivity index (χ2v) is 5.25. The number of hydrogen-bond acceptors (Lipinski definition) is 2. The van der Waals surface area contributed by atoms with Crippen molar-refractivity contribution in [3.8, 4) is 0 Å². The smallest absolute Gasteiger partial charge is 0.255 e. The van der Waals surface area contributed by atoms with Crippen molar-refractivity contribution in [3.63, 3.8) is 0 Å². The number of nitrogens with zero attached hydrogens (tertiary/aromatic N) is 1. The molecule has 1 saturated heterocycles. The van der Waals surface area contributed by atoms with E-state index in [0.29, 0.717) is 41.0 Å². The largest absolute Gasteiger partial charge is 0.338 e. The van der Waals surface area contributed by atoms with Crippen molar-refractivity contribution in [2.45, 2.75) is 12.8 Å². The fourth-order valence-corrected chi connectivity index (χ4v) is 2.64. The van der Waals surface area contributed by atoms with Gasteiger partial charge in [0.1, 0.15) is 5.78 Å². The molecule has 2 rings (SSSR count). The van der Waals surface area contributed by atoms with Crippen molar-refractivity contribution >= 4 is 39.2 Å². The Morgan fingerprint density at radius 1 is 1.29 bits per heavy atom. The van der Waals surface area contributed by atoms with Gasteiger partial charge in [-0.2, -0.15) is 0 Å². The van der Waals surface area contributed by atoms with Crippen LogP contribution in [-0.2, 0) is 4.79 Å². The molecule has 0 saturated carbocycles. The van der Waals surface area contributed by atoms with Gasteiger partial charge < -0.3 is 4.90 Å². The number of benzene rings is 1. The molecule has 0 aromatic heterocycles. The lowest BCUT2D eigenvalue weighted by atomic mass is 10.1. The Morgan fingerprint density at radius 3 is 2.53 bits per heavy atom. The number of carbonyl (C=O) groups excluding carboxylic acids is 2. The van der Waals surface area contributed by atoms with Gasteiger partial charge in [0.2, 0.25) is 0 Å². The predicted octanol–water partition coefficient (Wildman–Crippen LogP) is 2.91. The molecular weight excluding hydrogens is 305 g/mol. The van der Waals surface area contributed by atoms with Gasteiger partial charge in [-0.3, -0.25) is 9.59 Å². The summed E-state index contributed by atoms with van der Waals surface area (Å²) in [6.45, 7) is 1.01. The van der Waals surface area contributed by atoms with E-state index in [0.717, 1.165) is 0 Å². The highest BCUT2D eigenvalue weighted by molar-refractivity contribution is 9.10. The van der Waals surface area contributed by atoms with Crippen molar-refractivity contribution < 1.29 is 9.59 Å².